The number of amides is 1. The number of nitrogens with one attached hydrogen (secondary N) is 1. The smallest absolute Gasteiger partial charge is 0.237 e. The van der Waals surface area contributed by atoms with Crippen LogP contribution in [0.4, 0.5) is 0 Å². The van der Waals surface area contributed by atoms with Gasteiger partial charge in [-0.3, -0.25) is 4.79 Å². The molecule has 0 radical (unpaired) electrons. The lowest BCUT2D eigenvalue weighted by molar-refractivity contribution is -0.124. The molecule has 1 aromatic heterocycles. The summed E-state index contributed by atoms with van der Waals surface area (Å²) in [7, 11) is 0. The van der Waals surface area contributed by atoms with Crippen molar-refractivity contribution in [1.29, 1.82) is 0 Å². The van der Waals surface area contributed by atoms with Gasteiger partial charge < -0.3 is 11.1 Å². The molecule has 6 heteroatoms. The fourth-order valence-electron chi connectivity index (χ4n) is 1.28. The van der Waals surface area contributed by atoms with E-state index in [0.29, 0.717) is 12.4 Å². The molecule has 0 aromatic carbocycles. The normalized spacial score (nSPS) is 12.5. The first-order valence-corrected chi connectivity index (χ1v) is 5.62. The average Bonchev–Trinajstić information content (AvgIpc) is 2.23. The highest BCUT2D eigenvalue weighted by Crippen LogP contribution is 2.17. The third-order valence-electron chi connectivity index (χ3n) is 2.49. The molecule has 102 valence electrons. The minimum absolute atomic E-state index is 0. The van der Waals surface area contributed by atoms with Gasteiger partial charge in [-0.05, 0) is 18.4 Å². The average molecular weight is 273 g/mol. The first-order valence-electron chi connectivity index (χ1n) is 5.62. The van der Waals surface area contributed by atoms with Gasteiger partial charge in [0.05, 0.1) is 18.3 Å². The van der Waals surface area contributed by atoms with Crippen LogP contribution in [-0.2, 0) is 11.3 Å². The maximum atomic E-state index is 11.8. The van der Waals surface area contributed by atoms with E-state index >= 15 is 0 Å². The summed E-state index contributed by atoms with van der Waals surface area (Å²) in [4.78, 5) is 20.0. The molecule has 1 atom stereocenters. The minimum atomic E-state index is -0.523. The maximum absolute atomic E-state index is 11.8. The molecule has 0 saturated carbocycles. The Hall–Kier alpha value is -1.20. The van der Waals surface area contributed by atoms with Gasteiger partial charge in [0.15, 0.2) is 0 Å². The van der Waals surface area contributed by atoms with Gasteiger partial charge >= 0.3 is 0 Å². The van der Waals surface area contributed by atoms with E-state index in [9.17, 15) is 4.79 Å². The van der Waals surface area contributed by atoms with Gasteiger partial charge in [0.2, 0.25) is 5.91 Å². The van der Waals surface area contributed by atoms with Crippen LogP contribution in [0.15, 0.2) is 12.3 Å². The van der Waals surface area contributed by atoms with Gasteiger partial charge in [0, 0.05) is 6.20 Å². The van der Waals surface area contributed by atoms with Gasteiger partial charge in [-0.2, -0.15) is 0 Å². The molecule has 5 nitrogen and oxygen atoms in total. The van der Waals surface area contributed by atoms with Crippen LogP contribution in [0, 0.1) is 12.3 Å². The second kappa shape index (κ2) is 6.66. The highest BCUT2D eigenvalue weighted by Gasteiger charge is 2.27. The Morgan fingerprint density at radius 3 is 2.61 bits per heavy atom. The van der Waals surface area contributed by atoms with E-state index in [1.165, 1.54) is 0 Å². The predicted octanol–water partition coefficient (Wildman–Crippen LogP) is 1.20. The van der Waals surface area contributed by atoms with Crippen LogP contribution in [0.1, 0.15) is 32.3 Å². The fourth-order valence-corrected chi connectivity index (χ4v) is 1.28. The van der Waals surface area contributed by atoms with Crippen LogP contribution >= 0.6 is 12.4 Å². The maximum Gasteiger partial charge on any atom is 0.237 e. The van der Waals surface area contributed by atoms with Gasteiger partial charge in [-0.15, -0.1) is 12.4 Å². The van der Waals surface area contributed by atoms with E-state index < -0.39 is 6.04 Å². The highest BCUT2D eigenvalue weighted by molar-refractivity contribution is 5.85. The van der Waals surface area contributed by atoms with Crippen LogP contribution in [0.25, 0.3) is 0 Å². The van der Waals surface area contributed by atoms with E-state index in [1.54, 1.807) is 12.3 Å². The number of carbonyl (C=O) groups excluding carboxylic acids is 1. The highest BCUT2D eigenvalue weighted by atomic mass is 35.5. The standard InChI is InChI=1S/C12H20N4O.ClH/c1-8-14-6-5-9(16-8)7-15-11(17)10(13)12(2,3)4;/h5-6,10H,7,13H2,1-4H3,(H,15,17);1H/t10-;/m1./s1. The first kappa shape index (κ1) is 16.8. The van der Waals surface area contributed by atoms with Crippen molar-refractivity contribution in [2.75, 3.05) is 0 Å². The summed E-state index contributed by atoms with van der Waals surface area (Å²) in [6, 6.07) is 1.25. The number of hydrogen-bond acceptors (Lipinski definition) is 4. The van der Waals surface area contributed by atoms with E-state index in [-0.39, 0.29) is 23.7 Å². The van der Waals surface area contributed by atoms with Crippen LogP contribution in [0.5, 0.6) is 0 Å². The summed E-state index contributed by atoms with van der Waals surface area (Å²) in [6.07, 6.45) is 1.67. The Morgan fingerprint density at radius 2 is 2.11 bits per heavy atom. The Balaban J connectivity index is 0.00000289. The Labute approximate surface area is 114 Å². The van der Waals surface area contributed by atoms with Crippen molar-refractivity contribution in [3.8, 4) is 0 Å². The van der Waals surface area contributed by atoms with Crippen LogP contribution in [0.2, 0.25) is 0 Å². The van der Waals surface area contributed by atoms with E-state index in [1.807, 2.05) is 27.7 Å². The summed E-state index contributed by atoms with van der Waals surface area (Å²) in [5, 5.41) is 2.78. The lowest BCUT2D eigenvalue weighted by Crippen LogP contribution is -2.48. The van der Waals surface area contributed by atoms with Crippen LogP contribution in [-0.4, -0.2) is 21.9 Å². The minimum Gasteiger partial charge on any atom is -0.349 e. The fraction of sp³-hybridized carbons (Fsp3) is 0.583. The number of aromatic nitrogens is 2. The molecule has 0 aliphatic rings. The number of aryl methyl sites for hydroxylation is 1. The van der Waals surface area contributed by atoms with E-state index in [2.05, 4.69) is 15.3 Å². The monoisotopic (exact) mass is 272 g/mol. The molecule has 1 rings (SSSR count). The molecule has 1 amide bonds. The number of carbonyl (C=O) groups is 1. The van der Waals surface area contributed by atoms with E-state index in [4.69, 9.17) is 5.73 Å². The number of nitrogens with two attached hydrogens (primary N) is 1. The van der Waals surface area contributed by atoms with Crippen LogP contribution < -0.4 is 11.1 Å². The first-order chi connectivity index (χ1) is 7.80. The van der Waals surface area contributed by atoms with Crippen molar-refractivity contribution in [2.45, 2.75) is 40.3 Å². The molecule has 0 aliphatic heterocycles. The van der Waals surface area contributed by atoms with Crippen molar-refractivity contribution < 1.29 is 4.79 Å². The predicted molar refractivity (Wildman–Crippen MR) is 73.3 cm³/mol. The van der Waals surface area contributed by atoms with Gasteiger partial charge in [-0.1, -0.05) is 20.8 Å². The molecule has 1 heterocycles. The summed E-state index contributed by atoms with van der Waals surface area (Å²) in [5.41, 5.74) is 6.38. The summed E-state index contributed by atoms with van der Waals surface area (Å²) in [6.45, 7) is 8.00. The van der Waals surface area contributed by atoms with Gasteiger partial charge in [0.1, 0.15) is 5.82 Å². The molecule has 0 unspecified atom stereocenters. The Kier molecular flexibility index (Phi) is 6.21. The van der Waals surface area contributed by atoms with Crippen LogP contribution in [0.3, 0.4) is 0 Å². The molecule has 0 saturated heterocycles. The quantitative estimate of drug-likeness (QED) is 0.866. The SMILES string of the molecule is Cc1nccc(CNC(=O)[C@@H](N)C(C)(C)C)n1.Cl. The molecular weight excluding hydrogens is 252 g/mol. The zero-order valence-electron chi connectivity index (χ0n) is 11.2. The van der Waals surface area contributed by atoms with Crippen molar-refractivity contribution >= 4 is 18.3 Å². The van der Waals surface area contributed by atoms with Crippen molar-refractivity contribution in [1.82, 2.24) is 15.3 Å². The van der Waals surface area contributed by atoms with Gasteiger partial charge in [-0.25, -0.2) is 9.97 Å². The Bertz CT molecular complexity index is 403. The largest absolute Gasteiger partial charge is 0.349 e. The number of hydrogen-bond donors (Lipinski definition) is 2. The molecule has 0 spiro atoms. The van der Waals surface area contributed by atoms with Crippen molar-refractivity contribution in [2.24, 2.45) is 11.1 Å². The van der Waals surface area contributed by atoms with Crippen molar-refractivity contribution in [3.63, 3.8) is 0 Å². The number of rotatable bonds is 3. The zero-order chi connectivity index (χ0) is 13.1. The summed E-state index contributed by atoms with van der Waals surface area (Å²) < 4.78 is 0. The van der Waals surface area contributed by atoms with Crippen molar-refractivity contribution in [3.05, 3.63) is 23.8 Å². The molecule has 0 fully saturated rings. The summed E-state index contributed by atoms with van der Waals surface area (Å²) in [5.74, 6) is 0.533. The third-order valence-corrected chi connectivity index (χ3v) is 2.49. The molecule has 0 aliphatic carbocycles. The second-order valence-corrected chi connectivity index (χ2v) is 5.16. The lowest BCUT2D eigenvalue weighted by Gasteiger charge is -2.25. The third kappa shape index (κ3) is 4.98. The molecule has 3 N–H and O–H groups in total. The molecule has 18 heavy (non-hydrogen) atoms. The number of nitrogens with zero attached hydrogens (tertiary/aromatic N) is 2. The molecule has 1 aromatic rings. The van der Waals surface area contributed by atoms with Gasteiger partial charge in [0.25, 0.3) is 0 Å². The second-order valence-electron chi connectivity index (χ2n) is 5.16. The molecule has 0 bridgehead atoms. The van der Waals surface area contributed by atoms with E-state index in [0.717, 1.165) is 5.69 Å². The lowest BCUT2D eigenvalue weighted by atomic mass is 9.87. The summed E-state index contributed by atoms with van der Waals surface area (Å²) >= 11 is 0. The molecular formula is C12H21ClN4O. The number of halogens is 1. The Morgan fingerprint density at radius 1 is 1.50 bits per heavy atom. The topological polar surface area (TPSA) is 80.9 Å². The zero-order valence-corrected chi connectivity index (χ0v) is 12.0.